The first-order valence-electron chi connectivity index (χ1n) is 5.94. The normalized spacial score (nSPS) is 26.8. The van der Waals surface area contributed by atoms with Crippen LogP contribution in [0.15, 0.2) is 0 Å². The minimum Gasteiger partial charge on any atom is -0.368 e. The van der Waals surface area contributed by atoms with Gasteiger partial charge in [0.05, 0.1) is 17.5 Å². The summed E-state index contributed by atoms with van der Waals surface area (Å²) >= 11 is 0. The maximum absolute atomic E-state index is 11.3. The van der Waals surface area contributed by atoms with Crippen molar-refractivity contribution in [2.24, 2.45) is 11.7 Å². The molecule has 1 aliphatic carbocycles. The Morgan fingerprint density at radius 1 is 1.38 bits per heavy atom. The second-order valence-corrected chi connectivity index (χ2v) is 5.11. The second-order valence-electron chi connectivity index (χ2n) is 5.11. The number of carbonyl (C=O) groups is 1. The van der Waals surface area contributed by atoms with E-state index in [1.54, 1.807) is 13.8 Å². The number of primary amides is 1. The highest BCUT2D eigenvalue weighted by atomic mass is 16.1. The fraction of sp³-hybridized carbons (Fsp3) is 0.833. The van der Waals surface area contributed by atoms with E-state index in [-0.39, 0.29) is 17.9 Å². The largest absolute Gasteiger partial charge is 0.368 e. The zero-order valence-electron chi connectivity index (χ0n) is 10.1. The number of amides is 1. The van der Waals surface area contributed by atoms with Crippen molar-refractivity contribution in [3.05, 3.63) is 0 Å². The highest BCUT2D eigenvalue weighted by molar-refractivity contribution is 5.83. The molecule has 0 aromatic heterocycles. The van der Waals surface area contributed by atoms with Gasteiger partial charge in [0.2, 0.25) is 5.91 Å². The molecule has 4 heteroatoms. The molecule has 2 atom stereocenters. The van der Waals surface area contributed by atoms with Gasteiger partial charge in [-0.15, -0.1) is 0 Å². The molecule has 90 valence electrons. The van der Waals surface area contributed by atoms with Gasteiger partial charge in [-0.3, -0.25) is 10.1 Å². The van der Waals surface area contributed by atoms with Gasteiger partial charge in [0.15, 0.2) is 0 Å². The van der Waals surface area contributed by atoms with Crippen LogP contribution in [0.25, 0.3) is 0 Å². The van der Waals surface area contributed by atoms with E-state index in [1.807, 2.05) is 0 Å². The Balaban J connectivity index is 2.69. The molecule has 0 aliphatic heterocycles. The predicted octanol–water partition coefficient (Wildman–Crippen LogP) is 1.31. The van der Waals surface area contributed by atoms with Gasteiger partial charge in [-0.25, -0.2) is 0 Å². The lowest BCUT2D eigenvalue weighted by atomic mass is 9.92. The lowest BCUT2D eigenvalue weighted by molar-refractivity contribution is -0.123. The molecule has 0 bridgehead atoms. The van der Waals surface area contributed by atoms with Crippen LogP contribution in [0.4, 0.5) is 0 Å². The highest BCUT2D eigenvalue weighted by Crippen LogP contribution is 2.24. The molecule has 0 heterocycles. The quantitative estimate of drug-likeness (QED) is 0.708. The number of carbonyl (C=O) groups excluding carboxylic acids is 1. The molecule has 1 amide bonds. The van der Waals surface area contributed by atoms with Crippen molar-refractivity contribution in [3.63, 3.8) is 0 Å². The summed E-state index contributed by atoms with van der Waals surface area (Å²) in [6.45, 7) is 3.54. The number of hydrogen-bond donors (Lipinski definition) is 2. The molecule has 0 aromatic rings. The zero-order valence-corrected chi connectivity index (χ0v) is 10.1. The van der Waals surface area contributed by atoms with E-state index in [0.29, 0.717) is 0 Å². The Morgan fingerprint density at radius 2 is 2.00 bits per heavy atom. The SMILES string of the molecule is CC(C)(NC1CCCCCC1C#N)C(N)=O. The van der Waals surface area contributed by atoms with Crippen molar-refractivity contribution < 1.29 is 4.79 Å². The summed E-state index contributed by atoms with van der Waals surface area (Å²) in [5, 5.41) is 12.4. The number of nitriles is 1. The Kier molecular flexibility index (Phi) is 4.31. The minimum absolute atomic E-state index is 0.00104. The van der Waals surface area contributed by atoms with Crippen LogP contribution in [-0.2, 0) is 4.79 Å². The first-order valence-corrected chi connectivity index (χ1v) is 5.94. The van der Waals surface area contributed by atoms with Gasteiger partial charge in [0.25, 0.3) is 0 Å². The maximum atomic E-state index is 11.3. The Hall–Kier alpha value is -1.08. The molecular formula is C12H21N3O. The minimum atomic E-state index is -0.732. The molecule has 0 radical (unpaired) electrons. The van der Waals surface area contributed by atoms with Crippen LogP contribution >= 0.6 is 0 Å². The molecule has 0 saturated heterocycles. The monoisotopic (exact) mass is 223 g/mol. The molecule has 4 nitrogen and oxygen atoms in total. The summed E-state index contributed by atoms with van der Waals surface area (Å²) in [5.74, 6) is -0.366. The van der Waals surface area contributed by atoms with E-state index in [1.165, 1.54) is 6.42 Å². The summed E-state index contributed by atoms with van der Waals surface area (Å²) in [6, 6.07) is 2.43. The lowest BCUT2D eigenvalue weighted by Crippen LogP contribution is -2.56. The van der Waals surface area contributed by atoms with E-state index >= 15 is 0 Å². The van der Waals surface area contributed by atoms with E-state index < -0.39 is 5.54 Å². The van der Waals surface area contributed by atoms with Crippen molar-refractivity contribution in [1.82, 2.24) is 5.32 Å². The van der Waals surface area contributed by atoms with Crippen LogP contribution in [0, 0.1) is 17.2 Å². The number of nitrogens with one attached hydrogen (secondary N) is 1. The van der Waals surface area contributed by atoms with Crippen molar-refractivity contribution in [2.45, 2.75) is 57.5 Å². The lowest BCUT2D eigenvalue weighted by Gasteiger charge is -2.30. The van der Waals surface area contributed by atoms with E-state index in [4.69, 9.17) is 11.0 Å². The summed E-state index contributed by atoms with van der Waals surface area (Å²) in [6.07, 6.45) is 5.27. The summed E-state index contributed by atoms with van der Waals surface area (Å²) in [5.41, 5.74) is 4.60. The third-order valence-corrected chi connectivity index (χ3v) is 3.34. The van der Waals surface area contributed by atoms with Gasteiger partial charge < -0.3 is 5.73 Å². The topological polar surface area (TPSA) is 78.9 Å². The summed E-state index contributed by atoms with van der Waals surface area (Å²) in [4.78, 5) is 11.3. The first-order chi connectivity index (χ1) is 7.47. The van der Waals surface area contributed by atoms with Crippen LogP contribution in [-0.4, -0.2) is 17.5 Å². The van der Waals surface area contributed by atoms with Gasteiger partial charge in [0, 0.05) is 6.04 Å². The highest BCUT2D eigenvalue weighted by Gasteiger charge is 2.32. The number of nitrogens with two attached hydrogens (primary N) is 1. The van der Waals surface area contributed by atoms with Crippen molar-refractivity contribution >= 4 is 5.91 Å². The number of nitrogens with zero attached hydrogens (tertiary/aromatic N) is 1. The third-order valence-electron chi connectivity index (χ3n) is 3.34. The van der Waals surface area contributed by atoms with Gasteiger partial charge in [-0.05, 0) is 26.7 Å². The number of hydrogen-bond acceptors (Lipinski definition) is 3. The maximum Gasteiger partial charge on any atom is 0.237 e. The van der Waals surface area contributed by atoms with Crippen molar-refractivity contribution in [1.29, 1.82) is 5.26 Å². The van der Waals surface area contributed by atoms with Crippen molar-refractivity contribution in [2.75, 3.05) is 0 Å². The molecule has 1 rings (SSSR count). The standard InChI is InChI=1S/C12H21N3O/c1-12(2,11(14)16)15-10-7-5-3-4-6-9(10)8-13/h9-10,15H,3-7H2,1-2H3,(H2,14,16). The molecule has 1 aliphatic rings. The van der Waals surface area contributed by atoms with Gasteiger partial charge in [-0.1, -0.05) is 19.3 Å². The van der Waals surface area contributed by atoms with Crippen LogP contribution in [0.3, 0.4) is 0 Å². The van der Waals surface area contributed by atoms with Crippen LogP contribution in [0.5, 0.6) is 0 Å². The predicted molar refractivity (Wildman–Crippen MR) is 62.4 cm³/mol. The fourth-order valence-electron chi connectivity index (χ4n) is 2.17. The molecule has 0 spiro atoms. The Labute approximate surface area is 97.2 Å². The van der Waals surface area contributed by atoms with Gasteiger partial charge in [-0.2, -0.15) is 5.26 Å². The molecular weight excluding hydrogens is 202 g/mol. The third kappa shape index (κ3) is 3.21. The van der Waals surface area contributed by atoms with Gasteiger partial charge in [0.1, 0.15) is 0 Å². The van der Waals surface area contributed by atoms with E-state index in [2.05, 4.69) is 11.4 Å². The van der Waals surface area contributed by atoms with E-state index in [9.17, 15) is 4.79 Å². The average Bonchev–Trinajstić information content (AvgIpc) is 2.42. The van der Waals surface area contributed by atoms with Crippen molar-refractivity contribution in [3.8, 4) is 6.07 Å². The Bertz CT molecular complexity index is 293. The summed E-state index contributed by atoms with van der Waals surface area (Å²) < 4.78 is 0. The van der Waals surface area contributed by atoms with Gasteiger partial charge >= 0.3 is 0 Å². The fourth-order valence-corrected chi connectivity index (χ4v) is 2.17. The number of rotatable bonds is 3. The van der Waals surface area contributed by atoms with E-state index in [0.717, 1.165) is 25.7 Å². The smallest absolute Gasteiger partial charge is 0.237 e. The average molecular weight is 223 g/mol. The van der Waals surface area contributed by atoms with Crippen LogP contribution < -0.4 is 11.1 Å². The molecule has 2 unspecified atom stereocenters. The molecule has 3 N–H and O–H groups in total. The molecule has 0 aromatic carbocycles. The zero-order chi connectivity index (χ0) is 12.2. The molecule has 16 heavy (non-hydrogen) atoms. The Morgan fingerprint density at radius 3 is 2.56 bits per heavy atom. The molecule has 1 fully saturated rings. The summed E-state index contributed by atoms with van der Waals surface area (Å²) in [7, 11) is 0. The molecule has 1 saturated carbocycles. The van der Waals surface area contributed by atoms with Crippen LogP contribution in [0.2, 0.25) is 0 Å². The second kappa shape index (κ2) is 5.31. The first kappa shape index (κ1) is 13.0. The van der Waals surface area contributed by atoms with Crippen LogP contribution in [0.1, 0.15) is 46.0 Å².